The topological polar surface area (TPSA) is 88.3 Å². The third-order valence-electron chi connectivity index (χ3n) is 7.45. The molecule has 1 atom stereocenters. The van der Waals surface area contributed by atoms with Crippen LogP contribution in [0, 0.1) is 18.6 Å². The number of aromatic nitrogens is 2. The third kappa shape index (κ3) is 5.88. The van der Waals surface area contributed by atoms with E-state index in [4.69, 9.17) is 4.52 Å². The van der Waals surface area contributed by atoms with Crippen LogP contribution in [0.15, 0.2) is 77.3 Å². The van der Waals surface area contributed by atoms with Crippen molar-refractivity contribution in [2.45, 2.75) is 37.4 Å². The molecule has 12 heteroatoms. The Morgan fingerprint density at radius 2 is 1.48 bits per heavy atom. The second-order valence-corrected chi connectivity index (χ2v) is 10.1. The van der Waals surface area contributed by atoms with E-state index >= 15 is 0 Å². The molecule has 7 nitrogen and oxygen atoms in total. The molecular weight excluding hydrogens is 559 g/mol. The van der Waals surface area contributed by atoms with Gasteiger partial charge >= 0.3 is 6.18 Å². The molecule has 1 saturated heterocycles. The van der Waals surface area contributed by atoms with Crippen molar-refractivity contribution in [1.29, 1.82) is 0 Å². The Morgan fingerprint density at radius 1 is 0.905 bits per heavy atom. The van der Waals surface area contributed by atoms with Crippen LogP contribution in [-0.2, 0) is 10.2 Å². The summed E-state index contributed by atoms with van der Waals surface area (Å²) in [5, 5.41) is 5.85. The Morgan fingerprint density at radius 3 is 2.00 bits per heavy atom. The number of carbonyl (C=O) groups excluding carboxylic acids is 2. The summed E-state index contributed by atoms with van der Waals surface area (Å²) in [6.45, 7) is 1.79. The van der Waals surface area contributed by atoms with Crippen LogP contribution in [0.5, 0.6) is 0 Å². The Balaban J connectivity index is 1.38. The number of piperidine rings is 1. The average Bonchev–Trinajstić information content (AvgIpc) is 3.42. The average molecular weight is 585 g/mol. The molecule has 0 spiro atoms. The van der Waals surface area contributed by atoms with Gasteiger partial charge in [-0.15, -0.1) is 0 Å². The van der Waals surface area contributed by atoms with Gasteiger partial charge in [0, 0.05) is 24.2 Å². The molecule has 42 heavy (non-hydrogen) atoms. The largest absolute Gasteiger partial charge is 0.412 e. The van der Waals surface area contributed by atoms with Gasteiger partial charge in [0.05, 0.1) is 5.41 Å². The van der Waals surface area contributed by atoms with Crippen LogP contribution in [-0.4, -0.2) is 46.1 Å². The molecule has 1 aliphatic rings. The summed E-state index contributed by atoms with van der Waals surface area (Å²) >= 11 is 0. The molecule has 3 aromatic carbocycles. The van der Waals surface area contributed by atoms with Gasteiger partial charge in [-0.1, -0.05) is 29.4 Å². The van der Waals surface area contributed by atoms with Gasteiger partial charge in [-0.05, 0) is 79.4 Å². The van der Waals surface area contributed by atoms with E-state index in [1.54, 1.807) is 31.2 Å². The molecular formula is C30H25F5N4O3. The Hall–Kier alpha value is -4.61. The first kappa shape index (κ1) is 28.9. The first-order valence-electron chi connectivity index (χ1n) is 13.1. The standard InChI is InChI=1S/C30H25F5N4O3/c1-18-36-26(42-38-18)20-2-4-21(5-3-20)27(40)39-16-14-29(15-17-39,22-8-12-24(32)13-9-22)28(41)37-25(30(33,34)35)19-6-10-23(31)11-7-19/h2-13,25H,14-17H2,1H3,(H,37,41). The van der Waals surface area contributed by atoms with Crippen LogP contribution in [0.1, 0.15) is 46.2 Å². The number of aryl methyl sites for hydroxylation is 1. The zero-order valence-electron chi connectivity index (χ0n) is 22.3. The van der Waals surface area contributed by atoms with E-state index in [9.17, 15) is 31.5 Å². The van der Waals surface area contributed by atoms with Gasteiger partial charge in [-0.2, -0.15) is 18.2 Å². The van der Waals surface area contributed by atoms with Gasteiger partial charge in [-0.25, -0.2) is 8.78 Å². The second kappa shape index (κ2) is 11.3. The summed E-state index contributed by atoms with van der Waals surface area (Å²) in [4.78, 5) is 32.7. The Labute approximate surface area is 237 Å². The lowest BCUT2D eigenvalue weighted by Gasteiger charge is -2.42. The van der Waals surface area contributed by atoms with Gasteiger partial charge in [0.15, 0.2) is 11.9 Å². The van der Waals surface area contributed by atoms with Gasteiger partial charge in [0.1, 0.15) is 11.6 Å². The Bertz CT molecular complexity index is 1560. The van der Waals surface area contributed by atoms with Crippen molar-refractivity contribution in [3.63, 3.8) is 0 Å². The number of rotatable bonds is 6. The Kier molecular flexibility index (Phi) is 7.81. The van der Waals surface area contributed by atoms with E-state index < -0.39 is 35.2 Å². The highest BCUT2D eigenvalue weighted by Crippen LogP contribution is 2.39. The molecule has 218 valence electrons. The number of halogens is 5. The monoisotopic (exact) mass is 584 g/mol. The minimum Gasteiger partial charge on any atom is -0.340 e. The molecule has 0 radical (unpaired) electrons. The number of alkyl halides is 3. The van der Waals surface area contributed by atoms with Crippen LogP contribution >= 0.6 is 0 Å². The van der Waals surface area contributed by atoms with Crippen LogP contribution in [0.25, 0.3) is 11.5 Å². The maximum Gasteiger partial charge on any atom is 0.412 e. The van der Waals surface area contributed by atoms with E-state index in [1.165, 1.54) is 17.0 Å². The van der Waals surface area contributed by atoms with Crippen LogP contribution in [0.4, 0.5) is 22.0 Å². The number of likely N-dealkylation sites (tertiary alicyclic amines) is 1. The zero-order chi connectivity index (χ0) is 30.1. The highest BCUT2D eigenvalue weighted by Gasteiger charge is 2.48. The lowest BCUT2D eigenvalue weighted by Crippen LogP contribution is -2.54. The van der Waals surface area contributed by atoms with Crippen molar-refractivity contribution < 1.29 is 36.1 Å². The number of carbonyl (C=O) groups is 2. The fourth-order valence-corrected chi connectivity index (χ4v) is 5.14. The molecule has 1 aromatic heterocycles. The smallest absolute Gasteiger partial charge is 0.340 e. The minimum absolute atomic E-state index is 0.0104. The predicted octanol–water partition coefficient (Wildman–Crippen LogP) is 5.92. The molecule has 1 fully saturated rings. The van der Waals surface area contributed by atoms with Crippen LogP contribution in [0.2, 0.25) is 0 Å². The molecule has 1 unspecified atom stereocenters. The summed E-state index contributed by atoms with van der Waals surface area (Å²) in [5.74, 6) is -1.77. The predicted molar refractivity (Wildman–Crippen MR) is 141 cm³/mol. The fraction of sp³-hybridized carbons (Fsp3) is 0.267. The van der Waals surface area contributed by atoms with Crippen molar-refractivity contribution in [3.05, 3.63) is 107 Å². The third-order valence-corrected chi connectivity index (χ3v) is 7.45. The van der Waals surface area contributed by atoms with Crippen LogP contribution in [0.3, 0.4) is 0 Å². The van der Waals surface area contributed by atoms with Crippen molar-refractivity contribution >= 4 is 11.8 Å². The number of hydrogen-bond acceptors (Lipinski definition) is 5. The first-order valence-corrected chi connectivity index (χ1v) is 13.1. The summed E-state index contributed by atoms with van der Waals surface area (Å²) in [5.41, 5.74) is -0.500. The first-order chi connectivity index (χ1) is 20.0. The van der Waals surface area contributed by atoms with Gasteiger partial charge in [0.2, 0.25) is 5.91 Å². The minimum atomic E-state index is -4.87. The molecule has 2 amide bonds. The van der Waals surface area contributed by atoms with E-state index in [-0.39, 0.29) is 37.4 Å². The SMILES string of the molecule is Cc1noc(-c2ccc(C(=O)N3CCC(C(=O)NC(c4ccc(F)cc4)C(F)(F)F)(c4ccc(F)cc4)CC3)cc2)n1. The number of benzene rings is 3. The molecule has 1 aliphatic heterocycles. The van der Waals surface area contributed by atoms with E-state index in [0.717, 1.165) is 36.4 Å². The second-order valence-electron chi connectivity index (χ2n) is 10.1. The van der Waals surface area contributed by atoms with Crippen LogP contribution < -0.4 is 5.32 Å². The number of amides is 2. The van der Waals surface area contributed by atoms with Gasteiger partial charge < -0.3 is 14.7 Å². The molecule has 0 saturated carbocycles. The molecule has 4 aromatic rings. The molecule has 1 N–H and O–H groups in total. The van der Waals surface area contributed by atoms with E-state index in [0.29, 0.717) is 28.4 Å². The van der Waals surface area contributed by atoms with Gasteiger partial charge in [-0.3, -0.25) is 9.59 Å². The van der Waals surface area contributed by atoms with Crippen molar-refractivity contribution in [2.75, 3.05) is 13.1 Å². The lowest BCUT2D eigenvalue weighted by molar-refractivity contribution is -0.165. The quantitative estimate of drug-likeness (QED) is 0.285. The normalized spacial score (nSPS) is 15.7. The highest BCUT2D eigenvalue weighted by atomic mass is 19.4. The van der Waals surface area contributed by atoms with Crippen molar-refractivity contribution in [2.24, 2.45) is 0 Å². The van der Waals surface area contributed by atoms with E-state index in [2.05, 4.69) is 15.5 Å². The summed E-state index contributed by atoms with van der Waals surface area (Å²) in [7, 11) is 0. The van der Waals surface area contributed by atoms with Gasteiger partial charge in [0.25, 0.3) is 11.8 Å². The molecule has 5 rings (SSSR count). The maximum atomic E-state index is 14.1. The summed E-state index contributed by atoms with van der Waals surface area (Å²) in [6, 6.07) is 12.8. The van der Waals surface area contributed by atoms with Crippen molar-refractivity contribution in [1.82, 2.24) is 20.4 Å². The number of nitrogens with zero attached hydrogens (tertiary/aromatic N) is 3. The zero-order valence-corrected chi connectivity index (χ0v) is 22.3. The molecule has 0 bridgehead atoms. The fourth-order valence-electron chi connectivity index (χ4n) is 5.14. The highest BCUT2D eigenvalue weighted by molar-refractivity contribution is 5.95. The summed E-state index contributed by atoms with van der Waals surface area (Å²) in [6.07, 6.45) is -4.90. The number of hydrogen-bond donors (Lipinski definition) is 1. The van der Waals surface area contributed by atoms with Crippen molar-refractivity contribution in [3.8, 4) is 11.5 Å². The van der Waals surface area contributed by atoms with E-state index in [1.807, 2.05) is 0 Å². The summed E-state index contributed by atoms with van der Waals surface area (Å²) < 4.78 is 74.5. The maximum absolute atomic E-state index is 14.1. The molecule has 2 heterocycles. The molecule has 0 aliphatic carbocycles. The lowest BCUT2D eigenvalue weighted by atomic mass is 9.71. The number of nitrogens with one attached hydrogen (secondary N) is 1.